The topological polar surface area (TPSA) is 28.4 Å². The lowest BCUT2D eigenvalue weighted by molar-refractivity contribution is 0.254. The van der Waals surface area contributed by atoms with Crippen LogP contribution in [0.15, 0.2) is 10.5 Å². The Balaban J connectivity index is 1.90. The Morgan fingerprint density at radius 2 is 2.10 bits per heavy atom. The fourth-order valence-corrected chi connectivity index (χ4v) is 3.10. The molecular weight excluding hydrogens is 260 g/mol. The molecule has 1 aromatic heterocycles. The number of likely N-dealkylation sites (tertiary alicyclic amines) is 1. The summed E-state index contributed by atoms with van der Waals surface area (Å²) in [6.07, 6.45) is 5.12. The third-order valence-electron chi connectivity index (χ3n) is 4.62. The average Bonchev–Trinajstić information content (AvgIpc) is 2.66. The lowest BCUT2D eigenvalue weighted by atomic mass is 9.85. The quantitative estimate of drug-likeness (QED) is 0.800. The van der Waals surface area contributed by atoms with Gasteiger partial charge >= 0.3 is 0 Å². The van der Waals surface area contributed by atoms with Crippen molar-refractivity contribution < 1.29 is 4.42 Å². The van der Waals surface area contributed by atoms with Gasteiger partial charge in [-0.3, -0.25) is 4.90 Å². The molecule has 1 N–H and O–H groups in total. The van der Waals surface area contributed by atoms with Crippen molar-refractivity contribution in [1.29, 1.82) is 0 Å². The van der Waals surface area contributed by atoms with Crippen molar-refractivity contribution in [2.24, 2.45) is 5.41 Å². The first-order chi connectivity index (χ1) is 10.00. The maximum Gasteiger partial charge on any atom is 0.118 e. The van der Waals surface area contributed by atoms with Crippen LogP contribution in [0.5, 0.6) is 0 Å². The fraction of sp³-hybridized carbons (Fsp3) is 0.778. The first kappa shape index (κ1) is 16.6. The van der Waals surface area contributed by atoms with Gasteiger partial charge in [0.25, 0.3) is 0 Å². The van der Waals surface area contributed by atoms with Crippen LogP contribution in [-0.4, -0.2) is 24.5 Å². The van der Waals surface area contributed by atoms with E-state index in [0.717, 1.165) is 37.6 Å². The summed E-state index contributed by atoms with van der Waals surface area (Å²) in [6, 6.07) is 2.24. The summed E-state index contributed by atoms with van der Waals surface area (Å²) < 4.78 is 5.89. The van der Waals surface area contributed by atoms with Crippen LogP contribution < -0.4 is 5.32 Å². The van der Waals surface area contributed by atoms with E-state index in [1.54, 1.807) is 0 Å². The molecule has 0 unspecified atom stereocenters. The Labute approximate surface area is 130 Å². The molecule has 120 valence electrons. The van der Waals surface area contributed by atoms with Gasteiger partial charge in [-0.2, -0.15) is 0 Å². The SMILES string of the molecule is CCCNCc1cc(CN2CCCC(C)(C)CC2)c(C)o1. The minimum Gasteiger partial charge on any atom is -0.465 e. The monoisotopic (exact) mass is 292 g/mol. The lowest BCUT2D eigenvalue weighted by Gasteiger charge is -2.23. The molecule has 1 aromatic rings. The molecule has 1 aliphatic heterocycles. The Kier molecular flexibility index (Phi) is 5.88. The number of nitrogens with zero attached hydrogens (tertiary/aromatic N) is 1. The summed E-state index contributed by atoms with van der Waals surface area (Å²) in [4.78, 5) is 2.59. The molecule has 2 rings (SSSR count). The van der Waals surface area contributed by atoms with Crippen LogP contribution in [0.3, 0.4) is 0 Å². The van der Waals surface area contributed by atoms with E-state index in [2.05, 4.69) is 44.0 Å². The van der Waals surface area contributed by atoms with Gasteiger partial charge in [-0.1, -0.05) is 20.8 Å². The van der Waals surface area contributed by atoms with Gasteiger partial charge < -0.3 is 9.73 Å². The summed E-state index contributed by atoms with van der Waals surface area (Å²) >= 11 is 0. The predicted molar refractivity (Wildman–Crippen MR) is 88.4 cm³/mol. The largest absolute Gasteiger partial charge is 0.465 e. The second-order valence-corrected chi connectivity index (χ2v) is 7.26. The van der Waals surface area contributed by atoms with Gasteiger partial charge in [-0.15, -0.1) is 0 Å². The third kappa shape index (κ3) is 5.15. The summed E-state index contributed by atoms with van der Waals surface area (Å²) in [5.74, 6) is 2.16. The molecule has 0 bridgehead atoms. The fourth-order valence-electron chi connectivity index (χ4n) is 3.10. The average molecular weight is 292 g/mol. The Bertz CT molecular complexity index is 436. The lowest BCUT2D eigenvalue weighted by Crippen LogP contribution is -2.25. The first-order valence-electron chi connectivity index (χ1n) is 8.51. The van der Waals surface area contributed by atoms with Crippen LogP contribution in [0.4, 0.5) is 0 Å². The van der Waals surface area contributed by atoms with E-state index >= 15 is 0 Å². The third-order valence-corrected chi connectivity index (χ3v) is 4.62. The molecule has 0 radical (unpaired) electrons. The van der Waals surface area contributed by atoms with Crippen molar-refractivity contribution in [3.05, 3.63) is 23.2 Å². The summed E-state index contributed by atoms with van der Waals surface area (Å²) in [6.45, 7) is 14.5. The Morgan fingerprint density at radius 1 is 1.29 bits per heavy atom. The van der Waals surface area contributed by atoms with Gasteiger partial charge in [-0.05, 0) is 63.7 Å². The zero-order valence-corrected chi connectivity index (χ0v) is 14.3. The molecule has 0 saturated carbocycles. The van der Waals surface area contributed by atoms with E-state index in [1.165, 1.54) is 37.9 Å². The molecule has 0 amide bonds. The zero-order valence-electron chi connectivity index (χ0n) is 14.3. The second kappa shape index (κ2) is 7.46. The van der Waals surface area contributed by atoms with Gasteiger partial charge in [0.2, 0.25) is 0 Å². The van der Waals surface area contributed by atoms with Gasteiger partial charge in [0, 0.05) is 12.1 Å². The van der Waals surface area contributed by atoms with E-state index < -0.39 is 0 Å². The molecule has 1 fully saturated rings. The molecule has 3 heteroatoms. The van der Waals surface area contributed by atoms with E-state index in [-0.39, 0.29) is 0 Å². The predicted octanol–water partition coefficient (Wildman–Crippen LogP) is 4.10. The Morgan fingerprint density at radius 3 is 2.86 bits per heavy atom. The number of hydrogen-bond acceptors (Lipinski definition) is 3. The molecule has 21 heavy (non-hydrogen) atoms. The van der Waals surface area contributed by atoms with Crippen LogP contribution in [0.1, 0.15) is 63.5 Å². The minimum atomic E-state index is 0.509. The standard InChI is InChI=1S/C18H32N2O/c1-5-9-19-13-17-12-16(15(2)21-17)14-20-10-6-7-18(3,4)8-11-20/h12,19H,5-11,13-14H2,1-4H3. The summed E-state index contributed by atoms with van der Waals surface area (Å²) in [7, 11) is 0. The first-order valence-corrected chi connectivity index (χ1v) is 8.51. The molecule has 0 spiro atoms. The van der Waals surface area contributed by atoms with Crippen molar-refractivity contribution in [2.75, 3.05) is 19.6 Å². The Hall–Kier alpha value is -0.800. The van der Waals surface area contributed by atoms with Crippen molar-refractivity contribution >= 4 is 0 Å². The maximum absolute atomic E-state index is 5.89. The highest BCUT2D eigenvalue weighted by Gasteiger charge is 2.23. The smallest absolute Gasteiger partial charge is 0.118 e. The molecule has 3 nitrogen and oxygen atoms in total. The highest BCUT2D eigenvalue weighted by Crippen LogP contribution is 2.30. The summed E-state index contributed by atoms with van der Waals surface area (Å²) in [5, 5.41) is 3.41. The van der Waals surface area contributed by atoms with Crippen LogP contribution >= 0.6 is 0 Å². The molecule has 0 aliphatic carbocycles. The van der Waals surface area contributed by atoms with Crippen molar-refractivity contribution in [1.82, 2.24) is 10.2 Å². The number of furan rings is 1. The van der Waals surface area contributed by atoms with Gasteiger partial charge in [0.15, 0.2) is 0 Å². The van der Waals surface area contributed by atoms with E-state index in [4.69, 9.17) is 4.42 Å². The molecule has 1 aliphatic rings. The van der Waals surface area contributed by atoms with Crippen molar-refractivity contribution in [2.45, 2.75) is 66.5 Å². The highest BCUT2D eigenvalue weighted by molar-refractivity contribution is 5.20. The molecule has 0 aromatic carbocycles. The molecule has 1 saturated heterocycles. The van der Waals surface area contributed by atoms with Crippen molar-refractivity contribution in [3.8, 4) is 0 Å². The van der Waals surface area contributed by atoms with Crippen LogP contribution in [0.2, 0.25) is 0 Å². The highest BCUT2D eigenvalue weighted by atomic mass is 16.3. The van der Waals surface area contributed by atoms with Gasteiger partial charge in [0.05, 0.1) is 6.54 Å². The van der Waals surface area contributed by atoms with Gasteiger partial charge in [-0.25, -0.2) is 0 Å². The van der Waals surface area contributed by atoms with Crippen LogP contribution in [-0.2, 0) is 13.1 Å². The number of nitrogens with one attached hydrogen (secondary N) is 1. The van der Waals surface area contributed by atoms with E-state index in [9.17, 15) is 0 Å². The molecular formula is C18H32N2O. The van der Waals surface area contributed by atoms with E-state index in [0.29, 0.717) is 5.41 Å². The molecule has 2 heterocycles. The second-order valence-electron chi connectivity index (χ2n) is 7.26. The number of hydrogen-bond donors (Lipinski definition) is 1. The van der Waals surface area contributed by atoms with Crippen LogP contribution in [0, 0.1) is 12.3 Å². The van der Waals surface area contributed by atoms with Crippen molar-refractivity contribution in [3.63, 3.8) is 0 Å². The summed E-state index contributed by atoms with van der Waals surface area (Å²) in [5.41, 5.74) is 1.87. The normalized spacial score (nSPS) is 19.6. The number of aryl methyl sites for hydroxylation is 1. The van der Waals surface area contributed by atoms with Crippen LogP contribution in [0.25, 0.3) is 0 Å². The minimum absolute atomic E-state index is 0.509. The number of rotatable bonds is 6. The van der Waals surface area contributed by atoms with Gasteiger partial charge in [0.1, 0.15) is 11.5 Å². The zero-order chi connectivity index (χ0) is 15.3. The maximum atomic E-state index is 5.89. The molecule has 0 atom stereocenters. The van der Waals surface area contributed by atoms with E-state index in [1.807, 2.05) is 0 Å².